The number of carboxylic acids is 1. The van der Waals surface area contributed by atoms with Crippen molar-refractivity contribution in [1.82, 2.24) is 14.4 Å². The zero-order chi connectivity index (χ0) is 11.9. The van der Waals surface area contributed by atoms with E-state index in [1.807, 2.05) is 24.4 Å². The lowest BCUT2D eigenvalue weighted by molar-refractivity contribution is -0.138. The van der Waals surface area contributed by atoms with Gasteiger partial charge >= 0.3 is 5.97 Å². The molecule has 0 radical (unpaired) electrons. The van der Waals surface area contributed by atoms with E-state index in [1.165, 1.54) is 0 Å². The Morgan fingerprint density at radius 2 is 2.38 bits per heavy atom. The number of rotatable bonds is 3. The van der Waals surface area contributed by atoms with Crippen LogP contribution in [0.4, 0.5) is 0 Å². The van der Waals surface area contributed by atoms with Crippen molar-refractivity contribution in [1.29, 1.82) is 0 Å². The van der Waals surface area contributed by atoms with Gasteiger partial charge < -0.3 is 15.8 Å². The van der Waals surface area contributed by atoms with Crippen LogP contribution in [0.2, 0.25) is 0 Å². The third-order valence-electron chi connectivity index (χ3n) is 2.70. The zero-order valence-corrected chi connectivity index (χ0v) is 9.19. The number of hydrogen-bond acceptors (Lipinski definition) is 3. The first kappa shape index (κ1) is 10.7. The maximum atomic E-state index is 10.6. The molecule has 0 saturated carbocycles. The number of nitrogens with one attached hydrogen (secondary N) is 1. The molecule has 1 atom stereocenters. The number of aryl methyl sites for hydroxylation is 2. The molecule has 0 bridgehead atoms. The first-order valence-corrected chi connectivity index (χ1v) is 5.00. The molecule has 2 rings (SSSR count). The first-order valence-electron chi connectivity index (χ1n) is 5.00. The summed E-state index contributed by atoms with van der Waals surface area (Å²) in [7, 11) is 0. The highest BCUT2D eigenvalue weighted by molar-refractivity contribution is 5.73. The van der Waals surface area contributed by atoms with E-state index < -0.39 is 12.0 Å². The molecule has 2 aromatic rings. The van der Waals surface area contributed by atoms with Gasteiger partial charge in [-0.3, -0.25) is 9.20 Å². The van der Waals surface area contributed by atoms with E-state index in [1.54, 1.807) is 0 Å². The molecule has 2 aromatic heterocycles. The van der Waals surface area contributed by atoms with Gasteiger partial charge in [0.15, 0.2) is 0 Å². The number of aromatic nitrogens is 3. The predicted molar refractivity (Wildman–Crippen MR) is 58.3 cm³/mol. The van der Waals surface area contributed by atoms with Crippen molar-refractivity contribution in [2.75, 3.05) is 0 Å². The highest BCUT2D eigenvalue weighted by Gasteiger charge is 2.15. The number of nitrogens with two attached hydrogens (primary N) is 1. The quantitative estimate of drug-likeness (QED) is 0.692. The number of hydrogen-bond donors (Lipinski definition) is 3. The minimum atomic E-state index is -1.000. The van der Waals surface area contributed by atoms with Gasteiger partial charge in [0.2, 0.25) is 5.78 Å². The number of nitrogens with zero attached hydrogens (tertiary/aromatic N) is 2. The van der Waals surface area contributed by atoms with Crippen LogP contribution in [0.15, 0.2) is 6.20 Å². The molecule has 2 heterocycles. The lowest BCUT2D eigenvalue weighted by Crippen LogP contribution is -2.32. The average Bonchev–Trinajstić information content (AvgIpc) is 2.68. The Morgan fingerprint density at radius 3 is 2.94 bits per heavy atom. The van der Waals surface area contributed by atoms with Gasteiger partial charge in [-0.2, -0.15) is 0 Å². The Morgan fingerprint density at radius 1 is 1.69 bits per heavy atom. The monoisotopic (exact) mass is 222 g/mol. The van der Waals surface area contributed by atoms with Crippen LogP contribution in [0.25, 0.3) is 5.78 Å². The SMILES string of the molecule is Cc1nc2[nH]c(CC(N)C(=O)O)cn2c1C. The fraction of sp³-hybridized carbons (Fsp3) is 0.400. The van der Waals surface area contributed by atoms with Gasteiger partial charge in [-0.05, 0) is 13.8 Å². The summed E-state index contributed by atoms with van der Waals surface area (Å²) >= 11 is 0. The highest BCUT2D eigenvalue weighted by Crippen LogP contribution is 2.12. The highest BCUT2D eigenvalue weighted by atomic mass is 16.4. The second-order valence-electron chi connectivity index (χ2n) is 3.90. The lowest BCUT2D eigenvalue weighted by Gasteiger charge is -2.02. The molecule has 6 nitrogen and oxygen atoms in total. The normalized spacial score (nSPS) is 13.2. The van der Waals surface area contributed by atoms with E-state index in [2.05, 4.69) is 9.97 Å². The van der Waals surface area contributed by atoms with E-state index in [0.29, 0.717) is 0 Å². The largest absolute Gasteiger partial charge is 0.480 e. The molecule has 6 heteroatoms. The van der Waals surface area contributed by atoms with Gasteiger partial charge in [0.25, 0.3) is 0 Å². The summed E-state index contributed by atoms with van der Waals surface area (Å²) in [4.78, 5) is 18.0. The molecule has 0 aromatic carbocycles. The lowest BCUT2D eigenvalue weighted by atomic mass is 10.2. The Balaban J connectivity index is 2.30. The Hall–Kier alpha value is -1.82. The first-order chi connectivity index (χ1) is 7.49. The number of aliphatic carboxylic acids is 1. The summed E-state index contributed by atoms with van der Waals surface area (Å²) in [5.74, 6) is -0.275. The molecular formula is C10H14N4O2. The van der Waals surface area contributed by atoms with E-state index >= 15 is 0 Å². The number of carboxylic acid groups (broad SMARTS) is 1. The van der Waals surface area contributed by atoms with Crippen LogP contribution in [0.1, 0.15) is 17.1 Å². The maximum absolute atomic E-state index is 10.6. The van der Waals surface area contributed by atoms with Crippen molar-refractivity contribution in [3.8, 4) is 0 Å². The summed E-state index contributed by atoms with van der Waals surface area (Å²) < 4.78 is 1.90. The Kier molecular flexibility index (Phi) is 2.43. The van der Waals surface area contributed by atoms with Gasteiger partial charge in [0, 0.05) is 24.0 Å². The van der Waals surface area contributed by atoms with Crippen molar-refractivity contribution in [2.45, 2.75) is 26.3 Å². The minimum Gasteiger partial charge on any atom is -0.480 e. The molecule has 0 aliphatic carbocycles. The van der Waals surface area contributed by atoms with E-state index in [0.717, 1.165) is 22.9 Å². The molecule has 1 unspecified atom stereocenters. The molecule has 86 valence electrons. The smallest absolute Gasteiger partial charge is 0.320 e. The summed E-state index contributed by atoms with van der Waals surface area (Å²) in [6.45, 7) is 3.89. The molecule has 0 saturated heterocycles. The van der Waals surface area contributed by atoms with E-state index in [-0.39, 0.29) is 6.42 Å². The summed E-state index contributed by atoms with van der Waals surface area (Å²) in [5.41, 5.74) is 8.24. The summed E-state index contributed by atoms with van der Waals surface area (Å²) in [6, 6.07) is -0.884. The third kappa shape index (κ3) is 1.67. The van der Waals surface area contributed by atoms with Crippen LogP contribution in [-0.4, -0.2) is 31.5 Å². The van der Waals surface area contributed by atoms with E-state index in [4.69, 9.17) is 10.8 Å². The number of H-pyrrole nitrogens is 1. The number of imidazole rings is 2. The standard InChI is InChI=1S/C10H14N4O2/c1-5-6(2)14-4-7(13-10(14)12-5)3-8(11)9(15)16/h4,8H,3,11H2,1-2H3,(H,12,13)(H,15,16). The molecule has 0 spiro atoms. The fourth-order valence-corrected chi connectivity index (χ4v) is 1.63. The summed E-state index contributed by atoms with van der Waals surface area (Å²) in [5, 5.41) is 8.71. The third-order valence-corrected chi connectivity index (χ3v) is 2.70. The van der Waals surface area contributed by atoms with Crippen molar-refractivity contribution in [3.63, 3.8) is 0 Å². The zero-order valence-electron chi connectivity index (χ0n) is 9.19. The number of fused-ring (bicyclic) bond motifs is 1. The van der Waals surface area contributed by atoms with Crippen molar-refractivity contribution in [2.24, 2.45) is 5.73 Å². The molecule has 0 aliphatic heterocycles. The number of aromatic amines is 1. The van der Waals surface area contributed by atoms with Crippen molar-refractivity contribution < 1.29 is 9.90 Å². The van der Waals surface area contributed by atoms with Gasteiger partial charge in [-0.1, -0.05) is 0 Å². The molecule has 0 aliphatic rings. The molecule has 16 heavy (non-hydrogen) atoms. The topological polar surface area (TPSA) is 96.4 Å². The second kappa shape index (κ2) is 3.64. The predicted octanol–water partition coefficient (Wildman–Crippen LogP) is 0.234. The minimum absolute atomic E-state index is 0.275. The molecular weight excluding hydrogens is 208 g/mol. The van der Waals surface area contributed by atoms with Gasteiger partial charge in [0.05, 0.1) is 5.69 Å². The molecule has 4 N–H and O–H groups in total. The van der Waals surface area contributed by atoms with Crippen LogP contribution >= 0.6 is 0 Å². The van der Waals surface area contributed by atoms with Crippen LogP contribution < -0.4 is 5.73 Å². The van der Waals surface area contributed by atoms with Crippen molar-refractivity contribution in [3.05, 3.63) is 23.3 Å². The maximum Gasteiger partial charge on any atom is 0.320 e. The van der Waals surface area contributed by atoms with Crippen molar-refractivity contribution >= 4 is 11.7 Å². The van der Waals surface area contributed by atoms with Crippen LogP contribution in [0.3, 0.4) is 0 Å². The van der Waals surface area contributed by atoms with Gasteiger partial charge in [-0.15, -0.1) is 0 Å². The van der Waals surface area contributed by atoms with Gasteiger partial charge in [0.1, 0.15) is 6.04 Å². The number of carbonyl (C=O) groups is 1. The summed E-state index contributed by atoms with van der Waals surface area (Å²) in [6.07, 6.45) is 2.12. The Bertz CT molecular complexity index is 540. The van der Waals surface area contributed by atoms with Crippen LogP contribution in [0.5, 0.6) is 0 Å². The fourth-order valence-electron chi connectivity index (χ4n) is 1.63. The van der Waals surface area contributed by atoms with Crippen LogP contribution in [0, 0.1) is 13.8 Å². The van der Waals surface area contributed by atoms with Crippen LogP contribution in [-0.2, 0) is 11.2 Å². The molecule has 0 fully saturated rings. The Labute approximate surface area is 92.1 Å². The average molecular weight is 222 g/mol. The van der Waals surface area contributed by atoms with E-state index in [9.17, 15) is 4.79 Å². The van der Waals surface area contributed by atoms with Gasteiger partial charge in [-0.25, -0.2) is 4.98 Å². The second-order valence-corrected chi connectivity index (χ2v) is 3.90. The molecule has 0 amide bonds.